The van der Waals surface area contributed by atoms with Crippen LogP contribution in [0.4, 0.5) is 0 Å². The third-order valence-electron chi connectivity index (χ3n) is 2.95. The van der Waals surface area contributed by atoms with Crippen LogP contribution in [0.25, 0.3) is 0 Å². The van der Waals surface area contributed by atoms with E-state index in [0.29, 0.717) is 13.0 Å². The van der Waals surface area contributed by atoms with Gasteiger partial charge in [-0.3, -0.25) is 0 Å². The average Bonchev–Trinajstić information content (AvgIpc) is 2.67. The summed E-state index contributed by atoms with van der Waals surface area (Å²) in [5.74, 6) is -1.26. The Hall–Kier alpha value is -0.490. The maximum atomic E-state index is 10.7. The molecule has 0 N–H and O–H groups in total. The van der Waals surface area contributed by atoms with Crippen molar-refractivity contribution in [3.63, 3.8) is 0 Å². The van der Waals surface area contributed by atoms with Crippen molar-refractivity contribution in [1.82, 2.24) is 0 Å². The molecule has 0 aromatic carbocycles. The molecule has 0 aromatic rings. The second-order valence-corrected chi connectivity index (χ2v) is 5.41. The number of carbonyl (C=O) groups excluding carboxylic acids is 1. The van der Waals surface area contributed by atoms with E-state index in [1.165, 1.54) is 0 Å². The van der Waals surface area contributed by atoms with Gasteiger partial charge in [0.2, 0.25) is 0 Å². The smallest absolute Gasteiger partial charge is 0.163 e. The summed E-state index contributed by atoms with van der Waals surface area (Å²) in [5, 5.41) is 0. The molecule has 0 aliphatic carbocycles. The van der Waals surface area contributed by atoms with Crippen molar-refractivity contribution in [3.05, 3.63) is 0 Å². The molecule has 98 valence electrons. The van der Waals surface area contributed by atoms with Crippen molar-refractivity contribution in [3.8, 4) is 0 Å². The minimum Gasteiger partial charge on any atom is -0.348 e. The quantitative estimate of drug-likeness (QED) is 0.699. The van der Waals surface area contributed by atoms with Gasteiger partial charge in [-0.25, -0.2) is 0 Å². The first kappa shape index (κ1) is 13.0. The van der Waals surface area contributed by atoms with E-state index in [4.69, 9.17) is 18.9 Å². The highest BCUT2D eigenvalue weighted by molar-refractivity contribution is 5.50. The maximum Gasteiger partial charge on any atom is 0.163 e. The number of rotatable bonds is 3. The lowest BCUT2D eigenvalue weighted by molar-refractivity contribution is -0.174. The van der Waals surface area contributed by atoms with E-state index >= 15 is 0 Å². The van der Waals surface area contributed by atoms with Crippen LogP contribution >= 0.6 is 0 Å². The minimum atomic E-state index is -0.672. The molecule has 0 aromatic heterocycles. The SMILES string of the molecule is CC1(C)OCC(C2OC(C)(C)OC2CC=O)O1. The van der Waals surface area contributed by atoms with Crippen LogP contribution in [0.5, 0.6) is 0 Å². The second kappa shape index (κ2) is 4.31. The highest BCUT2D eigenvalue weighted by atomic mass is 16.8. The highest BCUT2D eigenvalue weighted by Gasteiger charge is 2.49. The Bertz CT molecular complexity index is 299. The Labute approximate surface area is 101 Å². The lowest BCUT2D eigenvalue weighted by atomic mass is 10.1. The second-order valence-electron chi connectivity index (χ2n) is 5.41. The fourth-order valence-corrected chi connectivity index (χ4v) is 2.33. The number of carbonyl (C=O) groups is 1. The summed E-state index contributed by atoms with van der Waals surface area (Å²) in [5.41, 5.74) is 0. The van der Waals surface area contributed by atoms with Crippen LogP contribution in [0.15, 0.2) is 0 Å². The molecule has 2 saturated heterocycles. The monoisotopic (exact) mass is 244 g/mol. The van der Waals surface area contributed by atoms with Crippen LogP contribution in [-0.4, -0.2) is 42.8 Å². The number of ether oxygens (including phenoxy) is 4. The predicted molar refractivity (Wildman–Crippen MR) is 59.4 cm³/mol. The number of aldehydes is 1. The normalized spacial score (nSPS) is 39.4. The van der Waals surface area contributed by atoms with Crippen LogP contribution in [0.1, 0.15) is 34.1 Å². The van der Waals surface area contributed by atoms with Gasteiger partial charge in [0.15, 0.2) is 11.6 Å². The molecular weight excluding hydrogens is 224 g/mol. The van der Waals surface area contributed by atoms with Crippen LogP contribution in [0, 0.1) is 0 Å². The first-order chi connectivity index (χ1) is 7.83. The van der Waals surface area contributed by atoms with Crippen molar-refractivity contribution in [2.75, 3.05) is 6.61 Å². The third-order valence-corrected chi connectivity index (χ3v) is 2.95. The van der Waals surface area contributed by atoms with Gasteiger partial charge in [0, 0.05) is 6.42 Å². The van der Waals surface area contributed by atoms with E-state index in [1.807, 2.05) is 27.7 Å². The molecule has 2 aliphatic heterocycles. The van der Waals surface area contributed by atoms with Gasteiger partial charge in [-0.15, -0.1) is 0 Å². The van der Waals surface area contributed by atoms with Gasteiger partial charge in [0.1, 0.15) is 18.5 Å². The molecule has 5 nitrogen and oxygen atoms in total. The molecule has 0 radical (unpaired) electrons. The van der Waals surface area contributed by atoms with Crippen LogP contribution in [-0.2, 0) is 23.7 Å². The van der Waals surface area contributed by atoms with E-state index < -0.39 is 11.6 Å². The van der Waals surface area contributed by atoms with E-state index in [-0.39, 0.29) is 18.3 Å². The fraction of sp³-hybridized carbons (Fsp3) is 0.917. The van der Waals surface area contributed by atoms with E-state index in [0.717, 1.165) is 6.29 Å². The minimum absolute atomic E-state index is 0.184. The van der Waals surface area contributed by atoms with Crippen LogP contribution < -0.4 is 0 Å². The lowest BCUT2D eigenvalue weighted by Gasteiger charge is -2.23. The van der Waals surface area contributed by atoms with E-state index in [2.05, 4.69) is 0 Å². The van der Waals surface area contributed by atoms with Crippen molar-refractivity contribution < 1.29 is 23.7 Å². The largest absolute Gasteiger partial charge is 0.348 e. The zero-order valence-electron chi connectivity index (χ0n) is 10.8. The zero-order chi connectivity index (χ0) is 12.7. The molecule has 0 saturated carbocycles. The van der Waals surface area contributed by atoms with Crippen molar-refractivity contribution >= 4 is 6.29 Å². The highest BCUT2D eigenvalue weighted by Crippen LogP contribution is 2.36. The zero-order valence-corrected chi connectivity index (χ0v) is 10.8. The lowest BCUT2D eigenvalue weighted by Crippen LogP contribution is -2.38. The van der Waals surface area contributed by atoms with E-state index in [1.54, 1.807) is 0 Å². The first-order valence-corrected chi connectivity index (χ1v) is 5.94. The summed E-state index contributed by atoms with van der Waals surface area (Å²) in [7, 11) is 0. The average molecular weight is 244 g/mol. The van der Waals surface area contributed by atoms with Gasteiger partial charge in [-0.2, -0.15) is 0 Å². The molecule has 5 heteroatoms. The van der Waals surface area contributed by atoms with Gasteiger partial charge in [-0.05, 0) is 27.7 Å². The topological polar surface area (TPSA) is 54.0 Å². The fourth-order valence-electron chi connectivity index (χ4n) is 2.33. The molecule has 2 fully saturated rings. The van der Waals surface area contributed by atoms with Gasteiger partial charge in [0.25, 0.3) is 0 Å². The molecular formula is C12H20O5. The Morgan fingerprint density at radius 1 is 1.12 bits per heavy atom. The van der Waals surface area contributed by atoms with Crippen molar-refractivity contribution in [2.24, 2.45) is 0 Å². The Kier molecular flexibility index (Phi) is 3.29. The van der Waals surface area contributed by atoms with Crippen LogP contribution in [0.3, 0.4) is 0 Å². The predicted octanol–water partition coefficient (Wildman–Crippen LogP) is 1.25. The Morgan fingerprint density at radius 3 is 2.35 bits per heavy atom. The summed E-state index contributed by atoms with van der Waals surface area (Å²) in [6.45, 7) is 7.87. The maximum absolute atomic E-state index is 10.7. The van der Waals surface area contributed by atoms with Gasteiger partial charge < -0.3 is 23.7 Å². The molecule has 0 spiro atoms. The van der Waals surface area contributed by atoms with Gasteiger partial charge >= 0.3 is 0 Å². The van der Waals surface area contributed by atoms with Gasteiger partial charge in [0.05, 0.1) is 12.7 Å². The summed E-state index contributed by atoms with van der Waals surface area (Å²) in [6, 6.07) is 0. The third kappa shape index (κ3) is 2.85. The molecule has 17 heavy (non-hydrogen) atoms. The summed E-state index contributed by atoms with van der Waals surface area (Å²) in [4.78, 5) is 10.7. The number of hydrogen-bond donors (Lipinski definition) is 0. The molecule has 0 bridgehead atoms. The van der Waals surface area contributed by atoms with E-state index in [9.17, 15) is 4.79 Å². The number of hydrogen-bond acceptors (Lipinski definition) is 5. The molecule has 3 atom stereocenters. The first-order valence-electron chi connectivity index (χ1n) is 5.94. The molecule has 2 aliphatic rings. The van der Waals surface area contributed by atoms with Crippen molar-refractivity contribution in [2.45, 2.75) is 64.0 Å². The summed E-state index contributed by atoms with van der Waals surface area (Å²) >= 11 is 0. The van der Waals surface area contributed by atoms with Crippen LogP contribution in [0.2, 0.25) is 0 Å². The Balaban J connectivity index is 2.06. The molecule has 3 unspecified atom stereocenters. The Morgan fingerprint density at radius 2 is 1.82 bits per heavy atom. The molecule has 2 rings (SSSR count). The molecule has 2 heterocycles. The van der Waals surface area contributed by atoms with Crippen molar-refractivity contribution in [1.29, 1.82) is 0 Å². The summed E-state index contributed by atoms with van der Waals surface area (Å²) in [6.07, 6.45) is 0.469. The van der Waals surface area contributed by atoms with Gasteiger partial charge in [-0.1, -0.05) is 0 Å². The summed E-state index contributed by atoms with van der Waals surface area (Å²) < 4.78 is 22.8. The standard InChI is InChI=1S/C12H20O5/c1-11(2)14-7-9(16-11)10-8(5-6-13)15-12(3,4)17-10/h6,8-10H,5,7H2,1-4H3. The molecule has 0 amide bonds.